The molecule has 0 aliphatic heterocycles. The maximum absolute atomic E-state index is 11.9. The average Bonchev–Trinajstić information content (AvgIpc) is 2.50. The molecule has 1 rings (SSSR count). The highest BCUT2D eigenvalue weighted by molar-refractivity contribution is 6.03. The Morgan fingerprint density at radius 3 is 2.35 bits per heavy atom. The number of pyridine rings is 1. The summed E-state index contributed by atoms with van der Waals surface area (Å²) in [6.45, 7) is 2.17. The molecule has 20 heavy (non-hydrogen) atoms. The molecule has 1 aromatic rings. The molecule has 0 radical (unpaired) electrons. The average molecular weight is 277 g/mol. The van der Waals surface area contributed by atoms with E-state index >= 15 is 0 Å². The number of aromatic nitrogens is 1. The quantitative estimate of drug-likeness (QED) is 0.343. The number of imide groups is 1. The summed E-state index contributed by atoms with van der Waals surface area (Å²) < 4.78 is 0. The van der Waals surface area contributed by atoms with Crippen LogP contribution in [0.15, 0.2) is 24.5 Å². The first-order valence-corrected chi connectivity index (χ1v) is 7.18. The van der Waals surface area contributed by atoms with E-state index in [2.05, 4.69) is 11.9 Å². The number of hydrogen-bond donors (Lipinski definition) is 1. The number of amides is 2. The Morgan fingerprint density at radius 2 is 1.70 bits per heavy atom. The molecule has 0 aliphatic rings. The molecule has 110 valence electrons. The predicted molar refractivity (Wildman–Crippen MR) is 77.6 cm³/mol. The molecule has 0 saturated carbocycles. The Balaban J connectivity index is 2.30. The lowest BCUT2D eigenvalue weighted by Crippen LogP contribution is -2.42. The molecule has 5 heteroatoms. The van der Waals surface area contributed by atoms with Gasteiger partial charge in [-0.25, -0.2) is 10.9 Å². The molecule has 0 bridgehead atoms. The summed E-state index contributed by atoms with van der Waals surface area (Å²) in [5.41, 5.74) is 0.374. The van der Waals surface area contributed by atoms with Crippen molar-refractivity contribution in [2.45, 2.75) is 51.9 Å². The molecule has 2 amide bonds. The van der Waals surface area contributed by atoms with Crippen LogP contribution in [0.4, 0.5) is 0 Å². The minimum Gasteiger partial charge on any atom is -0.273 e. The van der Waals surface area contributed by atoms with E-state index in [1.54, 1.807) is 12.1 Å². The Bertz CT molecular complexity index is 420. The fourth-order valence-corrected chi connectivity index (χ4v) is 1.92. The molecule has 1 aromatic heterocycles. The van der Waals surface area contributed by atoms with Gasteiger partial charge in [-0.1, -0.05) is 39.0 Å². The van der Waals surface area contributed by atoms with E-state index in [1.165, 1.54) is 31.7 Å². The Morgan fingerprint density at radius 1 is 1.10 bits per heavy atom. The molecule has 0 atom stereocenters. The lowest BCUT2D eigenvalue weighted by Gasteiger charge is -2.14. The van der Waals surface area contributed by atoms with Gasteiger partial charge in [0.2, 0.25) is 5.91 Å². The van der Waals surface area contributed by atoms with Crippen molar-refractivity contribution in [3.63, 3.8) is 0 Å². The molecule has 5 nitrogen and oxygen atoms in total. The third kappa shape index (κ3) is 5.48. The van der Waals surface area contributed by atoms with Crippen LogP contribution in [0.5, 0.6) is 0 Å². The van der Waals surface area contributed by atoms with Crippen molar-refractivity contribution in [3.05, 3.63) is 30.1 Å². The first-order valence-electron chi connectivity index (χ1n) is 7.18. The number of nitrogens with zero attached hydrogens (tertiary/aromatic N) is 2. The van der Waals surface area contributed by atoms with Gasteiger partial charge in [0.25, 0.3) is 5.91 Å². The van der Waals surface area contributed by atoms with Crippen molar-refractivity contribution >= 4 is 11.8 Å². The molecule has 0 aliphatic carbocycles. The van der Waals surface area contributed by atoms with Crippen molar-refractivity contribution in [1.82, 2.24) is 9.99 Å². The highest BCUT2D eigenvalue weighted by atomic mass is 16.2. The van der Waals surface area contributed by atoms with E-state index in [0.717, 1.165) is 19.3 Å². The van der Waals surface area contributed by atoms with Crippen LogP contribution in [-0.4, -0.2) is 21.8 Å². The molecule has 2 N–H and O–H groups in total. The molecular formula is C15H23N3O2. The fraction of sp³-hybridized carbons (Fsp3) is 0.533. The number of hydrogen-bond acceptors (Lipinski definition) is 4. The Labute approximate surface area is 120 Å². The van der Waals surface area contributed by atoms with Crippen LogP contribution in [0.1, 0.15) is 62.2 Å². The number of rotatable bonds is 8. The maximum Gasteiger partial charge on any atom is 0.274 e. The van der Waals surface area contributed by atoms with Crippen LogP contribution in [0, 0.1) is 0 Å². The van der Waals surface area contributed by atoms with Crippen LogP contribution in [0.3, 0.4) is 0 Å². The first-order chi connectivity index (χ1) is 9.66. The maximum atomic E-state index is 11.9. The zero-order chi connectivity index (χ0) is 14.8. The summed E-state index contributed by atoms with van der Waals surface area (Å²) in [5, 5.41) is 0.710. The zero-order valence-electron chi connectivity index (χ0n) is 12.0. The van der Waals surface area contributed by atoms with Crippen LogP contribution in [-0.2, 0) is 4.79 Å². The summed E-state index contributed by atoms with van der Waals surface area (Å²) >= 11 is 0. The summed E-state index contributed by atoms with van der Waals surface area (Å²) in [4.78, 5) is 27.5. The largest absolute Gasteiger partial charge is 0.274 e. The van der Waals surface area contributed by atoms with E-state index in [-0.39, 0.29) is 5.91 Å². The summed E-state index contributed by atoms with van der Waals surface area (Å²) in [5.74, 6) is 4.75. The zero-order valence-corrected chi connectivity index (χ0v) is 12.0. The van der Waals surface area contributed by atoms with Gasteiger partial charge in [-0.2, -0.15) is 0 Å². The van der Waals surface area contributed by atoms with Crippen LogP contribution < -0.4 is 5.84 Å². The summed E-state index contributed by atoms with van der Waals surface area (Å²) in [7, 11) is 0. The normalized spacial score (nSPS) is 10.3. The number of nitrogens with two attached hydrogens (primary N) is 1. The molecule has 1 heterocycles. The number of carbonyl (C=O) groups is 2. The first kappa shape index (κ1) is 16.3. The SMILES string of the molecule is CCCCCCCCC(=O)N(N)C(=O)c1ccncc1. The topological polar surface area (TPSA) is 76.3 Å². The lowest BCUT2D eigenvalue weighted by molar-refractivity contribution is -0.129. The van der Waals surface area contributed by atoms with E-state index in [9.17, 15) is 9.59 Å². The molecule has 0 saturated heterocycles. The van der Waals surface area contributed by atoms with Gasteiger partial charge in [0.15, 0.2) is 0 Å². The van der Waals surface area contributed by atoms with E-state index in [1.807, 2.05) is 0 Å². The van der Waals surface area contributed by atoms with Gasteiger partial charge in [-0.05, 0) is 18.6 Å². The van der Waals surface area contributed by atoms with Gasteiger partial charge in [-0.3, -0.25) is 14.6 Å². The van der Waals surface area contributed by atoms with Crippen LogP contribution in [0.2, 0.25) is 0 Å². The molecule has 0 aromatic carbocycles. The fourth-order valence-electron chi connectivity index (χ4n) is 1.92. The minimum absolute atomic E-state index is 0.319. The smallest absolute Gasteiger partial charge is 0.273 e. The molecule has 0 fully saturated rings. The Hall–Kier alpha value is -1.75. The van der Waals surface area contributed by atoms with Crippen molar-refractivity contribution in [2.75, 3.05) is 0 Å². The van der Waals surface area contributed by atoms with Gasteiger partial charge < -0.3 is 0 Å². The second-order valence-electron chi connectivity index (χ2n) is 4.82. The number of unbranched alkanes of at least 4 members (excludes halogenated alkanes) is 5. The number of hydrazine groups is 1. The predicted octanol–water partition coefficient (Wildman–Crippen LogP) is 2.67. The monoisotopic (exact) mass is 277 g/mol. The van der Waals surface area contributed by atoms with Crippen LogP contribution in [0.25, 0.3) is 0 Å². The van der Waals surface area contributed by atoms with Crippen molar-refractivity contribution < 1.29 is 9.59 Å². The van der Waals surface area contributed by atoms with Gasteiger partial charge in [0, 0.05) is 24.4 Å². The highest BCUT2D eigenvalue weighted by Gasteiger charge is 2.18. The highest BCUT2D eigenvalue weighted by Crippen LogP contribution is 2.08. The van der Waals surface area contributed by atoms with Gasteiger partial charge in [0.05, 0.1) is 0 Å². The third-order valence-electron chi connectivity index (χ3n) is 3.16. The minimum atomic E-state index is -0.483. The Kier molecular flexibility index (Phi) is 7.50. The number of carbonyl (C=O) groups excluding carboxylic acids is 2. The van der Waals surface area contributed by atoms with Gasteiger partial charge in [-0.15, -0.1) is 0 Å². The molecular weight excluding hydrogens is 254 g/mol. The second kappa shape index (κ2) is 9.20. The second-order valence-corrected chi connectivity index (χ2v) is 4.82. The van der Waals surface area contributed by atoms with Gasteiger partial charge >= 0.3 is 0 Å². The van der Waals surface area contributed by atoms with E-state index < -0.39 is 5.91 Å². The summed E-state index contributed by atoms with van der Waals surface area (Å²) in [6, 6.07) is 3.08. The summed E-state index contributed by atoms with van der Waals surface area (Å²) in [6.07, 6.45) is 9.87. The molecule has 0 spiro atoms. The van der Waals surface area contributed by atoms with Crippen molar-refractivity contribution in [2.24, 2.45) is 5.84 Å². The van der Waals surface area contributed by atoms with Crippen LogP contribution >= 0.6 is 0 Å². The van der Waals surface area contributed by atoms with Gasteiger partial charge in [0.1, 0.15) is 0 Å². The lowest BCUT2D eigenvalue weighted by atomic mass is 10.1. The third-order valence-corrected chi connectivity index (χ3v) is 3.16. The standard InChI is InChI=1S/C15H23N3O2/c1-2-3-4-5-6-7-8-14(19)18(16)15(20)13-9-11-17-12-10-13/h9-12H,2-8,16H2,1H3. The molecule has 0 unspecified atom stereocenters. The van der Waals surface area contributed by atoms with Crippen molar-refractivity contribution in [3.8, 4) is 0 Å². The van der Waals surface area contributed by atoms with E-state index in [4.69, 9.17) is 5.84 Å². The van der Waals surface area contributed by atoms with E-state index in [0.29, 0.717) is 17.0 Å². The van der Waals surface area contributed by atoms with Crippen molar-refractivity contribution in [1.29, 1.82) is 0 Å².